The highest BCUT2D eigenvalue weighted by atomic mass is 35.5. The summed E-state index contributed by atoms with van der Waals surface area (Å²) in [6.07, 6.45) is 1.42. The minimum absolute atomic E-state index is 0.0661. The highest BCUT2D eigenvalue weighted by molar-refractivity contribution is 7.84. The Bertz CT molecular complexity index is 902. The van der Waals surface area contributed by atoms with Gasteiger partial charge in [-0.25, -0.2) is 4.79 Å². The quantitative estimate of drug-likeness (QED) is 0.456. The third-order valence-corrected chi connectivity index (χ3v) is 4.47. The molecule has 0 bridgehead atoms. The van der Waals surface area contributed by atoms with E-state index in [2.05, 4.69) is 5.32 Å². The first kappa shape index (κ1) is 19.5. The van der Waals surface area contributed by atoms with Crippen molar-refractivity contribution in [2.45, 2.75) is 4.90 Å². The predicted molar refractivity (Wildman–Crippen MR) is 95.8 cm³/mol. The van der Waals surface area contributed by atoms with Crippen LogP contribution in [0.5, 0.6) is 0 Å². The van der Waals surface area contributed by atoms with E-state index < -0.39 is 34.2 Å². The van der Waals surface area contributed by atoms with Crippen LogP contribution in [0.4, 0.5) is 11.4 Å². The monoisotopic (exact) mass is 396 g/mol. The Hall–Kier alpha value is -2.78. The summed E-state index contributed by atoms with van der Waals surface area (Å²) in [6.45, 7) is -0.611. The molecule has 136 valence electrons. The molecule has 2 rings (SSSR count). The lowest BCUT2D eigenvalue weighted by Gasteiger charge is -2.09. The molecule has 8 nitrogen and oxygen atoms in total. The fraction of sp³-hybridized carbons (Fsp3) is 0.125. The second-order valence-corrected chi connectivity index (χ2v) is 6.75. The number of hydrogen-bond acceptors (Lipinski definition) is 6. The molecule has 1 atom stereocenters. The summed E-state index contributed by atoms with van der Waals surface area (Å²) < 4.78 is 16.5. The first-order valence-electron chi connectivity index (χ1n) is 7.13. The van der Waals surface area contributed by atoms with Crippen LogP contribution >= 0.6 is 11.6 Å². The maximum atomic E-state index is 12.1. The van der Waals surface area contributed by atoms with Crippen molar-refractivity contribution >= 4 is 45.7 Å². The number of carbonyl (C=O) groups is 2. The van der Waals surface area contributed by atoms with Gasteiger partial charge in [-0.2, -0.15) is 0 Å². The highest BCUT2D eigenvalue weighted by Crippen LogP contribution is 2.27. The minimum atomic E-state index is -1.39. The highest BCUT2D eigenvalue weighted by Gasteiger charge is 2.17. The van der Waals surface area contributed by atoms with Crippen molar-refractivity contribution in [2.24, 2.45) is 0 Å². The zero-order valence-electron chi connectivity index (χ0n) is 13.4. The van der Waals surface area contributed by atoms with E-state index in [1.807, 2.05) is 0 Å². The SMILES string of the molecule is C[S@](=O)c1ccccc1C(=O)OCC(=O)Nc1ccc(Cl)c([N+](=O)[O-])c1. The number of nitrogens with zero attached hydrogens (tertiary/aromatic N) is 1. The molecule has 0 aromatic heterocycles. The summed E-state index contributed by atoms with van der Waals surface area (Å²) in [6, 6.07) is 9.93. The van der Waals surface area contributed by atoms with Gasteiger partial charge in [0, 0.05) is 18.0 Å². The van der Waals surface area contributed by atoms with Crippen molar-refractivity contribution in [3.05, 3.63) is 63.2 Å². The zero-order valence-corrected chi connectivity index (χ0v) is 15.0. The molecule has 0 unspecified atom stereocenters. The lowest BCUT2D eigenvalue weighted by Crippen LogP contribution is -2.21. The van der Waals surface area contributed by atoms with Gasteiger partial charge in [0.05, 0.1) is 26.2 Å². The Labute approximate surface area is 155 Å². The van der Waals surface area contributed by atoms with Gasteiger partial charge in [-0.1, -0.05) is 23.7 Å². The van der Waals surface area contributed by atoms with E-state index in [1.54, 1.807) is 12.1 Å². The van der Waals surface area contributed by atoms with E-state index >= 15 is 0 Å². The molecule has 0 radical (unpaired) electrons. The molecule has 10 heteroatoms. The average molecular weight is 397 g/mol. The van der Waals surface area contributed by atoms with Crippen molar-refractivity contribution in [3.8, 4) is 0 Å². The van der Waals surface area contributed by atoms with Gasteiger partial charge in [-0.15, -0.1) is 0 Å². The molecule has 1 N–H and O–H groups in total. The first-order valence-corrected chi connectivity index (χ1v) is 9.06. The van der Waals surface area contributed by atoms with Crippen LogP contribution in [0.2, 0.25) is 5.02 Å². The molecule has 26 heavy (non-hydrogen) atoms. The van der Waals surface area contributed by atoms with Crippen molar-refractivity contribution in [3.63, 3.8) is 0 Å². The molecule has 0 saturated carbocycles. The van der Waals surface area contributed by atoms with Crippen LogP contribution < -0.4 is 5.32 Å². The Morgan fingerprint density at radius 3 is 2.62 bits per heavy atom. The van der Waals surface area contributed by atoms with Gasteiger partial charge in [-0.05, 0) is 24.3 Å². The number of nitro benzene ring substituents is 1. The van der Waals surface area contributed by atoms with Crippen LogP contribution in [0.15, 0.2) is 47.4 Å². The Balaban J connectivity index is 2.01. The van der Waals surface area contributed by atoms with Crippen LogP contribution in [0.3, 0.4) is 0 Å². The molecule has 0 aliphatic carbocycles. The van der Waals surface area contributed by atoms with Crippen molar-refractivity contribution in [1.82, 2.24) is 0 Å². The number of amides is 1. The molecule has 2 aromatic rings. The van der Waals surface area contributed by atoms with E-state index in [9.17, 15) is 23.9 Å². The summed E-state index contributed by atoms with van der Waals surface area (Å²) in [5, 5.41) is 13.1. The second kappa shape index (κ2) is 8.54. The standard InChI is InChI=1S/C16H13ClN2O6S/c1-26(24)14-5-3-2-4-11(14)16(21)25-9-15(20)18-10-6-7-12(17)13(8-10)19(22)23/h2-8H,9H2,1H3,(H,18,20)/t26-/m0/s1. The van der Waals surface area contributed by atoms with Crippen molar-refractivity contribution in [1.29, 1.82) is 0 Å². The minimum Gasteiger partial charge on any atom is -0.452 e. The predicted octanol–water partition coefficient (Wildman–Crippen LogP) is 2.78. The Kier molecular flexibility index (Phi) is 6.42. The Morgan fingerprint density at radius 1 is 1.27 bits per heavy atom. The van der Waals surface area contributed by atoms with Gasteiger partial charge in [0.25, 0.3) is 11.6 Å². The Morgan fingerprint density at radius 2 is 1.96 bits per heavy atom. The summed E-state index contributed by atoms with van der Waals surface area (Å²) in [7, 11) is -1.39. The van der Waals surface area contributed by atoms with E-state index in [1.165, 1.54) is 30.5 Å². The number of esters is 1. The number of halogens is 1. The summed E-state index contributed by atoms with van der Waals surface area (Å²) in [5.74, 6) is -1.49. The fourth-order valence-corrected chi connectivity index (χ4v) is 2.94. The smallest absolute Gasteiger partial charge is 0.339 e. The molecule has 0 spiro atoms. The number of rotatable bonds is 6. The van der Waals surface area contributed by atoms with Gasteiger partial charge in [0.15, 0.2) is 6.61 Å². The van der Waals surface area contributed by atoms with E-state index in [0.29, 0.717) is 4.90 Å². The van der Waals surface area contributed by atoms with Crippen LogP contribution in [-0.2, 0) is 20.3 Å². The van der Waals surface area contributed by atoms with Crippen LogP contribution in [-0.4, -0.2) is 33.9 Å². The van der Waals surface area contributed by atoms with Gasteiger partial charge in [-0.3, -0.25) is 19.1 Å². The van der Waals surface area contributed by atoms with E-state index in [0.717, 1.165) is 6.07 Å². The number of carbonyl (C=O) groups excluding carboxylic acids is 2. The first-order chi connectivity index (χ1) is 12.3. The normalized spacial score (nSPS) is 11.5. The topological polar surface area (TPSA) is 116 Å². The maximum Gasteiger partial charge on any atom is 0.339 e. The molecule has 0 aliphatic heterocycles. The third kappa shape index (κ3) is 4.87. The largest absolute Gasteiger partial charge is 0.452 e. The van der Waals surface area contributed by atoms with E-state index in [-0.39, 0.29) is 22.0 Å². The number of nitrogens with one attached hydrogen (secondary N) is 1. The van der Waals surface area contributed by atoms with Gasteiger partial charge >= 0.3 is 5.97 Å². The summed E-state index contributed by atoms with van der Waals surface area (Å²) in [5.41, 5.74) is -0.124. The maximum absolute atomic E-state index is 12.1. The third-order valence-electron chi connectivity index (χ3n) is 3.18. The summed E-state index contributed by atoms with van der Waals surface area (Å²) in [4.78, 5) is 34.4. The zero-order chi connectivity index (χ0) is 19.3. The molecular weight excluding hydrogens is 384 g/mol. The average Bonchev–Trinajstić information content (AvgIpc) is 2.61. The second-order valence-electron chi connectivity index (χ2n) is 5.00. The van der Waals surface area contributed by atoms with Gasteiger partial charge < -0.3 is 10.1 Å². The summed E-state index contributed by atoms with van der Waals surface area (Å²) >= 11 is 5.69. The lowest BCUT2D eigenvalue weighted by atomic mass is 10.2. The number of benzene rings is 2. The molecular formula is C16H13ClN2O6S. The number of ether oxygens (including phenoxy) is 1. The molecule has 2 aromatic carbocycles. The van der Waals surface area contributed by atoms with E-state index in [4.69, 9.17) is 16.3 Å². The number of nitro groups is 1. The molecule has 0 saturated heterocycles. The van der Waals surface area contributed by atoms with Gasteiger partial charge in [0.2, 0.25) is 0 Å². The van der Waals surface area contributed by atoms with Crippen LogP contribution in [0.25, 0.3) is 0 Å². The molecule has 1 amide bonds. The van der Waals surface area contributed by atoms with Gasteiger partial charge in [0.1, 0.15) is 5.02 Å². The molecule has 0 heterocycles. The molecule has 0 aliphatic rings. The van der Waals surface area contributed by atoms with Crippen LogP contribution in [0.1, 0.15) is 10.4 Å². The fourth-order valence-electron chi connectivity index (χ4n) is 2.02. The van der Waals surface area contributed by atoms with Crippen LogP contribution in [0, 0.1) is 10.1 Å². The number of anilines is 1. The lowest BCUT2D eigenvalue weighted by molar-refractivity contribution is -0.384. The van der Waals surface area contributed by atoms with Crippen molar-refractivity contribution < 1.29 is 23.5 Å². The van der Waals surface area contributed by atoms with Crippen molar-refractivity contribution in [2.75, 3.05) is 18.2 Å². The number of hydrogen-bond donors (Lipinski definition) is 1. The molecule has 0 fully saturated rings.